The van der Waals surface area contributed by atoms with Crippen molar-refractivity contribution in [3.05, 3.63) is 57.8 Å². The smallest absolute Gasteiger partial charge is 0.211 e. The highest BCUT2D eigenvalue weighted by atomic mass is 32.1. The summed E-state index contributed by atoms with van der Waals surface area (Å²) in [6.45, 7) is 2.08. The second-order valence-electron chi connectivity index (χ2n) is 3.86. The topological polar surface area (TPSA) is 33.6 Å². The second-order valence-corrected chi connectivity index (χ2v) is 5.18. The van der Waals surface area contributed by atoms with Crippen LogP contribution in [-0.4, -0.2) is 5.84 Å². The average Bonchev–Trinajstić information content (AvgIpc) is 2.98. The lowest BCUT2D eigenvalue weighted by Crippen LogP contribution is -2.17. The molecule has 1 unspecified atom stereocenters. The van der Waals surface area contributed by atoms with Crippen LogP contribution < -0.4 is 5.48 Å². The summed E-state index contributed by atoms with van der Waals surface area (Å²) in [6.07, 6.45) is -0.219. The fourth-order valence-electron chi connectivity index (χ4n) is 1.72. The highest BCUT2D eigenvalue weighted by molar-refractivity contribution is 7.12. The van der Waals surface area contributed by atoms with Gasteiger partial charge in [0, 0.05) is 10.4 Å². The quantitative estimate of drug-likeness (QED) is 0.881. The highest BCUT2D eigenvalue weighted by Gasteiger charge is 2.21. The Hall–Kier alpha value is -1.65. The molecule has 1 aromatic carbocycles. The average molecular weight is 244 g/mol. The zero-order valence-corrected chi connectivity index (χ0v) is 10.2. The van der Waals surface area contributed by atoms with Gasteiger partial charge in [-0.2, -0.15) is 0 Å². The van der Waals surface area contributed by atoms with Gasteiger partial charge in [0.2, 0.25) is 6.23 Å². The number of aliphatic imine (C=N–C) groups is 1. The number of hydroxylamine groups is 1. The van der Waals surface area contributed by atoms with Gasteiger partial charge in [0.1, 0.15) is 0 Å². The molecule has 0 fully saturated rings. The van der Waals surface area contributed by atoms with Crippen LogP contribution in [0.4, 0.5) is 0 Å². The largest absolute Gasteiger partial charge is 0.246 e. The molecule has 1 aliphatic rings. The van der Waals surface area contributed by atoms with Crippen molar-refractivity contribution < 1.29 is 4.84 Å². The molecule has 0 amide bonds. The summed E-state index contributed by atoms with van der Waals surface area (Å²) in [5, 5.41) is 0. The molecule has 3 nitrogen and oxygen atoms in total. The van der Waals surface area contributed by atoms with E-state index in [1.165, 1.54) is 4.88 Å². The van der Waals surface area contributed by atoms with E-state index in [4.69, 9.17) is 4.84 Å². The summed E-state index contributed by atoms with van der Waals surface area (Å²) in [7, 11) is 0. The van der Waals surface area contributed by atoms with E-state index < -0.39 is 0 Å². The Kier molecular flexibility index (Phi) is 2.66. The van der Waals surface area contributed by atoms with E-state index in [0.717, 1.165) is 16.3 Å². The van der Waals surface area contributed by atoms with Crippen molar-refractivity contribution in [1.29, 1.82) is 0 Å². The summed E-state index contributed by atoms with van der Waals surface area (Å²) in [4.78, 5) is 12.4. The monoisotopic (exact) mass is 244 g/mol. The van der Waals surface area contributed by atoms with E-state index in [2.05, 4.69) is 29.5 Å². The minimum atomic E-state index is -0.219. The van der Waals surface area contributed by atoms with Crippen molar-refractivity contribution >= 4 is 17.2 Å². The van der Waals surface area contributed by atoms with Crippen molar-refractivity contribution in [3.63, 3.8) is 0 Å². The molecule has 1 aromatic heterocycles. The van der Waals surface area contributed by atoms with Crippen molar-refractivity contribution in [2.75, 3.05) is 0 Å². The van der Waals surface area contributed by atoms with Crippen LogP contribution in [0.3, 0.4) is 0 Å². The standard InChI is InChI=1S/C13H12N2OS/c1-9-7-8-11(17-9)13-14-12(15-16-13)10-5-3-2-4-6-10/h2-8,13H,1H3,(H,14,15). The normalized spacial score (nSPS) is 18.9. The number of nitrogens with one attached hydrogen (secondary N) is 1. The Morgan fingerprint density at radius 3 is 2.71 bits per heavy atom. The zero-order valence-electron chi connectivity index (χ0n) is 9.38. The van der Waals surface area contributed by atoms with E-state index in [1.807, 2.05) is 30.3 Å². The molecule has 4 heteroatoms. The van der Waals surface area contributed by atoms with Crippen molar-refractivity contribution in [3.8, 4) is 0 Å². The van der Waals surface area contributed by atoms with Gasteiger partial charge in [-0.3, -0.25) is 0 Å². The van der Waals surface area contributed by atoms with Crippen LogP contribution in [0.25, 0.3) is 0 Å². The predicted molar refractivity (Wildman–Crippen MR) is 69.0 cm³/mol. The maximum Gasteiger partial charge on any atom is 0.211 e. The summed E-state index contributed by atoms with van der Waals surface area (Å²) < 4.78 is 0. The predicted octanol–water partition coefficient (Wildman–Crippen LogP) is 3.04. The lowest BCUT2D eigenvalue weighted by Gasteiger charge is -2.01. The number of aryl methyl sites for hydroxylation is 1. The number of benzene rings is 1. The molecule has 0 spiro atoms. The van der Waals surface area contributed by atoms with E-state index in [9.17, 15) is 0 Å². The molecule has 0 radical (unpaired) electrons. The Bertz CT molecular complexity index is 548. The number of hydrogen-bond acceptors (Lipinski definition) is 4. The van der Waals surface area contributed by atoms with Gasteiger partial charge in [0.05, 0.1) is 4.88 Å². The molecular formula is C13H12N2OS. The van der Waals surface area contributed by atoms with E-state index in [1.54, 1.807) is 11.3 Å². The second kappa shape index (κ2) is 4.31. The summed E-state index contributed by atoms with van der Waals surface area (Å²) in [5.74, 6) is 0.793. The van der Waals surface area contributed by atoms with Crippen molar-refractivity contribution in [2.45, 2.75) is 13.2 Å². The van der Waals surface area contributed by atoms with Gasteiger partial charge < -0.3 is 0 Å². The minimum Gasteiger partial charge on any atom is -0.246 e. The molecule has 2 aromatic rings. The van der Waals surface area contributed by atoms with Crippen LogP contribution >= 0.6 is 11.3 Å². The SMILES string of the molecule is Cc1ccc(C2N=C(c3ccccc3)NO2)s1. The van der Waals surface area contributed by atoms with Gasteiger partial charge in [-0.15, -0.1) is 11.3 Å². The van der Waals surface area contributed by atoms with E-state index >= 15 is 0 Å². The third-order valence-electron chi connectivity index (χ3n) is 2.57. The first kappa shape index (κ1) is 10.5. The lowest BCUT2D eigenvalue weighted by molar-refractivity contribution is 0.0399. The Morgan fingerprint density at radius 1 is 1.18 bits per heavy atom. The number of amidine groups is 1. The number of hydrogen-bond donors (Lipinski definition) is 1. The lowest BCUT2D eigenvalue weighted by atomic mass is 10.2. The van der Waals surface area contributed by atoms with Gasteiger partial charge in [0.25, 0.3) is 0 Å². The Morgan fingerprint density at radius 2 is 2.00 bits per heavy atom. The van der Waals surface area contributed by atoms with Crippen LogP contribution in [-0.2, 0) is 4.84 Å². The van der Waals surface area contributed by atoms with E-state index in [-0.39, 0.29) is 6.23 Å². The molecule has 0 aliphatic carbocycles. The number of rotatable bonds is 2. The van der Waals surface area contributed by atoms with Crippen molar-refractivity contribution in [1.82, 2.24) is 5.48 Å². The molecule has 0 saturated carbocycles. The third kappa shape index (κ3) is 2.09. The number of thiophene rings is 1. The number of nitrogens with zero attached hydrogens (tertiary/aromatic N) is 1. The zero-order chi connectivity index (χ0) is 11.7. The Labute approximate surface area is 104 Å². The fraction of sp³-hybridized carbons (Fsp3) is 0.154. The molecule has 2 heterocycles. The van der Waals surface area contributed by atoms with Gasteiger partial charge in [-0.05, 0) is 19.1 Å². The van der Waals surface area contributed by atoms with Crippen LogP contribution in [0.5, 0.6) is 0 Å². The van der Waals surface area contributed by atoms with Crippen molar-refractivity contribution in [2.24, 2.45) is 4.99 Å². The summed E-state index contributed by atoms with van der Waals surface area (Å²) in [5.41, 5.74) is 3.93. The summed E-state index contributed by atoms with van der Waals surface area (Å²) in [6, 6.07) is 14.1. The fourth-order valence-corrected chi connectivity index (χ4v) is 2.56. The maximum atomic E-state index is 5.48. The maximum absolute atomic E-state index is 5.48. The third-order valence-corrected chi connectivity index (χ3v) is 3.60. The van der Waals surface area contributed by atoms with Gasteiger partial charge in [-0.1, -0.05) is 30.3 Å². The molecule has 17 heavy (non-hydrogen) atoms. The molecule has 1 atom stereocenters. The molecule has 86 valence electrons. The van der Waals surface area contributed by atoms with Gasteiger partial charge in [-0.25, -0.2) is 15.3 Å². The van der Waals surface area contributed by atoms with Crippen LogP contribution in [0.2, 0.25) is 0 Å². The van der Waals surface area contributed by atoms with Crippen LogP contribution in [0.15, 0.2) is 47.5 Å². The first-order valence-electron chi connectivity index (χ1n) is 5.44. The van der Waals surface area contributed by atoms with Crippen LogP contribution in [0.1, 0.15) is 21.5 Å². The molecule has 0 bridgehead atoms. The first-order valence-corrected chi connectivity index (χ1v) is 6.26. The van der Waals surface area contributed by atoms with Gasteiger partial charge in [0.15, 0.2) is 5.84 Å². The Balaban J connectivity index is 1.86. The minimum absolute atomic E-state index is 0.219. The molecule has 3 rings (SSSR count). The van der Waals surface area contributed by atoms with E-state index in [0.29, 0.717) is 0 Å². The van der Waals surface area contributed by atoms with Gasteiger partial charge >= 0.3 is 0 Å². The first-order chi connectivity index (χ1) is 8.33. The molecule has 1 aliphatic heterocycles. The summed E-state index contributed by atoms with van der Waals surface area (Å²) >= 11 is 1.71. The van der Waals surface area contributed by atoms with Crippen LogP contribution in [0, 0.1) is 6.92 Å². The molecule has 0 saturated heterocycles. The molecule has 1 N–H and O–H groups in total. The molecular weight excluding hydrogens is 232 g/mol. The highest BCUT2D eigenvalue weighted by Crippen LogP contribution is 2.28.